The Morgan fingerprint density at radius 1 is 1.53 bits per heavy atom. The van der Waals surface area contributed by atoms with E-state index in [4.69, 9.17) is 18.0 Å². The van der Waals surface area contributed by atoms with Crippen LogP contribution in [0.3, 0.4) is 0 Å². The fraction of sp³-hybridized carbons (Fsp3) is 0.167. The highest BCUT2D eigenvalue weighted by atomic mass is 32.1. The summed E-state index contributed by atoms with van der Waals surface area (Å²) in [5.41, 5.74) is 6.90. The molecule has 2 aromatic rings. The Labute approximate surface area is 110 Å². The molecule has 0 saturated heterocycles. The Morgan fingerprint density at radius 2 is 2.35 bits per heavy atom. The predicted octanol–water partition coefficient (Wildman–Crippen LogP) is 2.70. The van der Waals surface area contributed by atoms with Gasteiger partial charge in [0.15, 0.2) is 5.11 Å². The van der Waals surface area contributed by atoms with Gasteiger partial charge >= 0.3 is 0 Å². The molecule has 0 saturated carbocycles. The van der Waals surface area contributed by atoms with Crippen molar-refractivity contribution in [3.05, 3.63) is 46.3 Å². The molecule has 0 amide bonds. The minimum absolute atomic E-state index is 0.344. The summed E-state index contributed by atoms with van der Waals surface area (Å²) < 4.78 is 0. The summed E-state index contributed by atoms with van der Waals surface area (Å²) in [5.74, 6) is 0.797. The van der Waals surface area contributed by atoms with E-state index < -0.39 is 0 Å². The maximum absolute atomic E-state index is 5.76. The summed E-state index contributed by atoms with van der Waals surface area (Å²) in [4.78, 5) is 7.36. The zero-order valence-electron chi connectivity index (χ0n) is 9.46. The van der Waals surface area contributed by atoms with Crippen LogP contribution in [0.5, 0.6) is 0 Å². The van der Waals surface area contributed by atoms with Crippen molar-refractivity contribution in [1.82, 2.24) is 4.98 Å². The third-order valence-electron chi connectivity index (χ3n) is 2.34. The van der Waals surface area contributed by atoms with Gasteiger partial charge in [0.1, 0.15) is 5.82 Å². The van der Waals surface area contributed by atoms with Crippen LogP contribution >= 0.6 is 23.6 Å². The molecule has 0 aromatic carbocycles. The van der Waals surface area contributed by atoms with E-state index in [0.717, 1.165) is 11.4 Å². The number of thiophene rings is 1. The van der Waals surface area contributed by atoms with Crippen LogP contribution < -0.4 is 10.6 Å². The maximum Gasteiger partial charge on any atom is 0.172 e. The van der Waals surface area contributed by atoms with Crippen molar-refractivity contribution in [3.63, 3.8) is 0 Å². The van der Waals surface area contributed by atoms with Crippen molar-refractivity contribution in [2.75, 3.05) is 4.90 Å². The summed E-state index contributed by atoms with van der Waals surface area (Å²) in [6, 6.07) is 8.01. The number of rotatable bonds is 3. The lowest BCUT2D eigenvalue weighted by molar-refractivity contribution is 0.994. The number of nitrogens with two attached hydrogens (primary N) is 1. The maximum atomic E-state index is 5.76. The van der Waals surface area contributed by atoms with Gasteiger partial charge in [-0.05, 0) is 48.3 Å². The third-order valence-corrected chi connectivity index (χ3v) is 3.42. The molecule has 2 rings (SSSR count). The van der Waals surface area contributed by atoms with Gasteiger partial charge in [0.05, 0.1) is 6.54 Å². The van der Waals surface area contributed by atoms with Crippen molar-refractivity contribution in [1.29, 1.82) is 0 Å². The van der Waals surface area contributed by atoms with Gasteiger partial charge in [-0.2, -0.15) is 0 Å². The first kappa shape index (κ1) is 12.0. The van der Waals surface area contributed by atoms with Crippen molar-refractivity contribution >= 4 is 34.5 Å². The summed E-state index contributed by atoms with van der Waals surface area (Å²) in [7, 11) is 0. The molecular weight excluding hydrogens is 250 g/mol. The lowest BCUT2D eigenvalue weighted by Gasteiger charge is -2.21. The highest BCUT2D eigenvalue weighted by Crippen LogP contribution is 2.18. The fourth-order valence-corrected chi connectivity index (χ4v) is 2.35. The van der Waals surface area contributed by atoms with Crippen LogP contribution in [-0.2, 0) is 6.54 Å². The van der Waals surface area contributed by atoms with Gasteiger partial charge in [-0.25, -0.2) is 4.98 Å². The first-order chi connectivity index (χ1) is 8.16. The summed E-state index contributed by atoms with van der Waals surface area (Å²) in [6.45, 7) is 2.69. The van der Waals surface area contributed by atoms with Crippen LogP contribution in [0.15, 0.2) is 35.8 Å². The number of aryl methyl sites for hydroxylation is 1. The Kier molecular flexibility index (Phi) is 3.71. The topological polar surface area (TPSA) is 42.2 Å². The average molecular weight is 263 g/mol. The van der Waals surface area contributed by atoms with E-state index in [9.17, 15) is 0 Å². The Bertz CT molecular complexity index is 508. The van der Waals surface area contributed by atoms with Crippen LogP contribution in [0.1, 0.15) is 10.4 Å². The van der Waals surface area contributed by atoms with Crippen LogP contribution in [-0.4, -0.2) is 10.1 Å². The first-order valence-electron chi connectivity index (χ1n) is 5.19. The molecule has 0 aliphatic heterocycles. The van der Waals surface area contributed by atoms with Crippen molar-refractivity contribution in [3.8, 4) is 0 Å². The molecule has 5 heteroatoms. The number of nitrogens with zero attached hydrogens (tertiary/aromatic N) is 2. The molecule has 0 bridgehead atoms. The number of thiocarbonyl (C=S) groups is 1. The number of hydrogen-bond donors (Lipinski definition) is 1. The smallest absolute Gasteiger partial charge is 0.172 e. The molecule has 0 atom stereocenters. The van der Waals surface area contributed by atoms with E-state index in [1.807, 2.05) is 35.4 Å². The Hall–Kier alpha value is -1.46. The molecule has 88 valence electrons. The van der Waals surface area contributed by atoms with E-state index in [2.05, 4.69) is 11.1 Å². The van der Waals surface area contributed by atoms with E-state index in [0.29, 0.717) is 11.7 Å². The number of hydrogen-bond acceptors (Lipinski definition) is 3. The zero-order chi connectivity index (χ0) is 12.3. The minimum atomic E-state index is 0.344. The molecule has 2 heterocycles. The van der Waals surface area contributed by atoms with Crippen molar-refractivity contribution < 1.29 is 0 Å². The lowest BCUT2D eigenvalue weighted by atomic mass is 10.3. The Balaban J connectivity index is 2.26. The zero-order valence-corrected chi connectivity index (χ0v) is 11.1. The molecular formula is C12H13N3S2. The molecule has 17 heavy (non-hydrogen) atoms. The SMILES string of the molecule is Cc1ccnc(N(Cc2cccs2)C(N)=S)c1. The normalized spacial score (nSPS) is 10.2. The fourth-order valence-electron chi connectivity index (χ4n) is 1.50. The quantitative estimate of drug-likeness (QED) is 0.865. The summed E-state index contributed by atoms with van der Waals surface area (Å²) >= 11 is 6.77. The number of aromatic nitrogens is 1. The van der Waals surface area contributed by atoms with Crippen LogP contribution in [0, 0.1) is 6.92 Å². The van der Waals surface area contributed by atoms with Crippen LogP contribution in [0.2, 0.25) is 0 Å². The van der Waals surface area contributed by atoms with E-state index in [1.165, 1.54) is 4.88 Å². The van der Waals surface area contributed by atoms with Gasteiger partial charge in [-0.15, -0.1) is 11.3 Å². The van der Waals surface area contributed by atoms with Gasteiger partial charge in [-0.3, -0.25) is 4.90 Å². The average Bonchev–Trinajstić information content (AvgIpc) is 2.78. The van der Waals surface area contributed by atoms with Crippen molar-refractivity contribution in [2.24, 2.45) is 5.73 Å². The van der Waals surface area contributed by atoms with E-state index >= 15 is 0 Å². The highest BCUT2D eigenvalue weighted by molar-refractivity contribution is 7.80. The lowest BCUT2D eigenvalue weighted by Crippen LogP contribution is -2.35. The van der Waals surface area contributed by atoms with Crippen LogP contribution in [0.4, 0.5) is 5.82 Å². The number of pyridine rings is 1. The second-order valence-electron chi connectivity index (χ2n) is 3.70. The monoisotopic (exact) mass is 263 g/mol. The number of anilines is 1. The molecule has 0 fully saturated rings. The molecule has 0 aliphatic carbocycles. The third kappa shape index (κ3) is 3.01. The Morgan fingerprint density at radius 3 is 2.94 bits per heavy atom. The van der Waals surface area contributed by atoms with Gasteiger partial charge in [0.25, 0.3) is 0 Å². The summed E-state index contributed by atoms with van der Waals surface area (Å²) in [6.07, 6.45) is 1.77. The first-order valence-corrected chi connectivity index (χ1v) is 6.47. The van der Waals surface area contributed by atoms with Gasteiger partial charge in [-0.1, -0.05) is 6.07 Å². The molecule has 2 aromatic heterocycles. The largest absolute Gasteiger partial charge is 0.376 e. The second kappa shape index (κ2) is 5.25. The molecule has 0 aliphatic rings. The standard InChI is InChI=1S/C12H13N3S2/c1-9-4-5-14-11(7-9)15(12(13)16)8-10-3-2-6-17-10/h2-7H,8H2,1H3,(H2,13,16). The van der Waals surface area contributed by atoms with Crippen LogP contribution in [0.25, 0.3) is 0 Å². The second-order valence-corrected chi connectivity index (χ2v) is 5.15. The molecule has 0 unspecified atom stereocenters. The van der Waals surface area contributed by atoms with E-state index in [1.54, 1.807) is 17.5 Å². The van der Waals surface area contributed by atoms with E-state index in [-0.39, 0.29) is 0 Å². The van der Waals surface area contributed by atoms with Gasteiger partial charge in [0, 0.05) is 11.1 Å². The summed E-state index contributed by atoms with van der Waals surface area (Å²) in [5, 5.41) is 2.38. The molecule has 3 nitrogen and oxygen atoms in total. The molecule has 2 N–H and O–H groups in total. The van der Waals surface area contributed by atoms with Gasteiger partial charge in [0.2, 0.25) is 0 Å². The van der Waals surface area contributed by atoms with Crippen molar-refractivity contribution in [2.45, 2.75) is 13.5 Å². The highest BCUT2D eigenvalue weighted by Gasteiger charge is 2.12. The van der Waals surface area contributed by atoms with Gasteiger partial charge < -0.3 is 5.73 Å². The minimum Gasteiger partial charge on any atom is -0.376 e. The molecule has 0 radical (unpaired) electrons. The predicted molar refractivity (Wildman–Crippen MR) is 76.3 cm³/mol. The molecule has 0 spiro atoms.